The van der Waals surface area contributed by atoms with Crippen molar-refractivity contribution in [2.75, 3.05) is 12.4 Å². The first-order chi connectivity index (χ1) is 13.5. The third-order valence-electron chi connectivity index (χ3n) is 5.01. The molecule has 4 rings (SSSR count). The zero-order valence-corrected chi connectivity index (χ0v) is 15.7. The molecule has 6 heteroatoms. The molecular weight excluding hydrogens is 357 g/mol. The number of fused-ring (bicyclic) bond motifs is 1. The summed E-state index contributed by atoms with van der Waals surface area (Å²) in [5.74, 6) is 0.836. The van der Waals surface area contributed by atoms with Crippen LogP contribution < -0.4 is 15.6 Å². The number of benzene rings is 1. The van der Waals surface area contributed by atoms with Gasteiger partial charge < -0.3 is 14.6 Å². The summed E-state index contributed by atoms with van der Waals surface area (Å²) >= 11 is 0. The van der Waals surface area contributed by atoms with E-state index in [0.29, 0.717) is 5.95 Å². The molecule has 1 N–H and O–H groups in total. The van der Waals surface area contributed by atoms with Crippen molar-refractivity contribution in [3.8, 4) is 5.75 Å². The summed E-state index contributed by atoms with van der Waals surface area (Å²) in [6.07, 6.45) is 8.16. The van der Waals surface area contributed by atoms with E-state index in [9.17, 15) is 9.18 Å². The quantitative estimate of drug-likeness (QED) is 0.808. The van der Waals surface area contributed by atoms with Gasteiger partial charge in [0.05, 0.1) is 13.2 Å². The minimum Gasteiger partial charge on any atom is -0.497 e. The molecule has 0 saturated heterocycles. The largest absolute Gasteiger partial charge is 0.497 e. The fourth-order valence-electron chi connectivity index (χ4n) is 3.63. The number of hydrogen-bond donors (Lipinski definition) is 1. The molecule has 1 aliphatic heterocycles. The van der Waals surface area contributed by atoms with Gasteiger partial charge in [-0.05, 0) is 67.3 Å². The van der Waals surface area contributed by atoms with E-state index in [1.807, 2.05) is 35.8 Å². The molecule has 142 valence electrons. The van der Waals surface area contributed by atoms with Gasteiger partial charge in [0.2, 0.25) is 5.95 Å². The summed E-state index contributed by atoms with van der Waals surface area (Å²) in [4.78, 5) is 16.3. The number of rotatable bonds is 4. The molecule has 0 bridgehead atoms. The fraction of sp³-hybridized carbons (Fsp3) is 0.227. The van der Waals surface area contributed by atoms with Crippen molar-refractivity contribution in [3.05, 3.63) is 87.3 Å². The average Bonchev–Trinajstić information content (AvgIpc) is 2.97. The maximum absolute atomic E-state index is 13.5. The number of methoxy groups -OCH3 is 1. The molecule has 0 saturated carbocycles. The van der Waals surface area contributed by atoms with Crippen molar-refractivity contribution in [2.24, 2.45) is 0 Å². The molecule has 1 aliphatic carbocycles. The zero-order valence-electron chi connectivity index (χ0n) is 15.7. The summed E-state index contributed by atoms with van der Waals surface area (Å²) in [5.41, 5.74) is 5.96. The van der Waals surface area contributed by atoms with Crippen molar-refractivity contribution in [1.82, 2.24) is 9.55 Å². The van der Waals surface area contributed by atoms with Crippen molar-refractivity contribution in [1.29, 1.82) is 0 Å². The van der Waals surface area contributed by atoms with Gasteiger partial charge in [0.15, 0.2) is 5.83 Å². The van der Waals surface area contributed by atoms with Gasteiger partial charge in [0.1, 0.15) is 5.75 Å². The van der Waals surface area contributed by atoms with Crippen LogP contribution in [-0.2, 0) is 6.42 Å². The summed E-state index contributed by atoms with van der Waals surface area (Å²) in [7, 11) is 1.62. The van der Waals surface area contributed by atoms with Gasteiger partial charge in [0, 0.05) is 17.4 Å². The van der Waals surface area contributed by atoms with Gasteiger partial charge in [-0.25, -0.2) is 0 Å². The molecule has 1 atom stereocenters. The second kappa shape index (κ2) is 7.33. The van der Waals surface area contributed by atoms with Gasteiger partial charge in [-0.2, -0.15) is 9.37 Å². The predicted octanol–water partition coefficient (Wildman–Crippen LogP) is 4.30. The summed E-state index contributed by atoms with van der Waals surface area (Å²) in [6, 6.07) is 7.21. The monoisotopic (exact) mass is 377 g/mol. The number of aromatic nitrogens is 2. The lowest BCUT2D eigenvalue weighted by Crippen LogP contribution is -2.19. The molecule has 1 unspecified atom stereocenters. The summed E-state index contributed by atoms with van der Waals surface area (Å²) in [5, 5.41) is 3.30. The van der Waals surface area contributed by atoms with Crippen LogP contribution in [0.25, 0.3) is 0 Å². The van der Waals surface area contributed by atoms with Crippen LogP contribution >= 0.6 is 0 Å². The Morgan fingerprint density at radius 3 is 2.96 bits per heavy atom. The molecule has 5 nitrogen and oxygen atoms in total. The van der Waals surface area contributed by atoms with Gasteiger partial charge in [0.25, 0.3) is 5.56 Å². The standard InChI is InChI=1S/C22H20FN3O2/c1-14-12-18(28-2)9-10-19(14)24-22-25-21(27)13-17-8-11-20(26(17)22)15-4-3-5-16(23)7-6-15/h3-4,6-7,9-10,12-13,20H,8,11H2,1-2H3,(H,24,25,27). The first-order valence-electron chi connectivity index (χ1n) is 9.10. The Morgan fingerprint density at radius 2 is 2.18 bits per heavy atom. The number of ether oxygens (including phenoxy) is 1. The minimum absolute atomic E-state index is 0.0376. The normalized spacial score (nSPS) is 17.6. The third kappa shape index (κ3) is 3.42. The second-order valence-electron chi connectivity index (χ2n) is 6.80. The number of nitrogens with one attached hydrogen (secondary N) is 1. The second-order valence-corrected chi connectivity index (χ2v) is 6.80. The average molecular weight is 377 g/mol. The lowest BCUT2D eigenvalue weighted by atomic mass is 10.0. The Labute approximate surface area is 162 Å². The number of anilines is 2. The van der Waals surface area contributed by atoms with Gasteiger partial charge in [-0.3, -0.25) is 4.79 Å². The van der Waals surface area contributed by atoms with Crippen LogP contribution in [-0.4, -0.2) is 16.7 Å². The molecule has 2 aliphatic rings. The Bertz CT molecular complexity index is 1120. The first-order valence-corrected chi connectivity index (χ1v) is 9.10. The molecule has 0 fully saturated rings. The van der Waals surface area contributed by atoms with Gasteiger partial charge in [-0.1, -0.05) is 11.8 Å². The lowest BCUT2D eigenvalue weighted by molar-refractivity contribution is 0.414. The lowest BCUT2D eigenvalue weighted by Gasteiger charge is -2.21. The van der Waals surface area contributed by atoms with E-state index in [1.165, 1.54) is 6.08 Å². The highest BCUT2D eigenvalue weighted by molar-refractivity contribution is 5.61. The Balaban J connectivity index is 1.75. The first kappa shape index (κ1) is 18.0. The van der Waals surface area contributed by atoms with Gasteiger partial charge in [-0.15, -0.1) is 0 Å². The molecule has 0 spiro atoms. The van der Waals surface area contributed by atoms with Gasteiger partial charge >= 0.3 is 0 Å². The molecule has 28 heavy (non-hydrogen) atoms. The molecule has 2 heterocycles. The van der Waals surface area contributed by atoms with Crippen molar-refractivity contribution in [2.45, 2.75) is 25.8 Å². The zero-order chi connectivity index (χ0) is 19.7. The van der Waals surface area contributed by atoms with E-state index in [2.05, 4.69) is 16.0 Å². The predicted molar refractivity (Wildman–Crippen MR) is 107 cm³/mol. The van der Waals surface area contributed by atoms with Crippen LogP contribution in [0.3, 0.4) is 0 Å². The van der Waals surface area contributed by atoms with Crippen molar-refractivity contribution < 1.29 is 9.13 Å². The summed E-state index contributed by atoms with van der Waals surface area (Å²) in [6.45, 7) is 1.96. The number of aryl methyl sites for hydroxylation is 2. The highest BCUT2D eigenvalue weighted by atomic mass is 19.1. The molecule has 1 aromatic carbocycles. The van der Waals surface area contributed by atoms with E-state index >= 15 is 0 Å². The maximum atomic E-state index is 13.5. The van der Waals surface area contributed by atoms with E-state index < -0.39 is 5.83 Å². The Kier molecular flexibility index (Phi) is 4.72. The highest BCUT2D eigenvalue weighted by Crippen LogP contribution is 2.36. The van der Waals surface area contributed by atoms with E-state index in [0.717, 1.165) is 41.1 Å². The van der Waals surface area contributed by atoms with Crippen LogP contribution in [0, 0.1) is 6.92 Å². The van der Waals surface area contributed by atoms with Crippen LogP contribution in [0.15, 0.2) is 70.5 Å². The Morgan fingerprint density at radius 1 is 1.32 bits per heavy atom. The molecule has 0 radical (unpaired) electrons. The minimum atomic E-state index is -0.408. The van der Waals surface area contributed by atoms with E-state index in [1.54, 1.807) is 25.3 Å². The molecule has 0 amide bonds. The third-order valence-corrected chi connectivity index (χ3v) is 5.01. The van der Waals surface area contributed by atoms with E-state index in [-0.39, 0.29) is 11.6 Å². The fourth-order valence-corrected chi connectivity index (χ4v) is 3.63. The van der Waals surface area contributed by atoms with E-state index in [4.69, 9.17) is 4.74 Å². The molecular formula is C22H20FN3O2. The number of allylic oxidation sites excluding steroid dienone is 5. The summed E-state index contributed by atoms with van der Waals surface area (Å²) < 4.78 is 20.8. The van der Waals surface area contributed by atoms with Crippen LogP contribution in [0.4, 0.5) is 16.0 Å². The van der Waals surface area contributed by atoms with Crippen molar-refractivity contribution in [3.63, 3.8) is 0 Å². The number of halogens is 1. The SMILES string of the molecule is COc1ccc(Nc2nc(=O)cc3n2C(C2=CC=C=C(F)C=C2)CC3)c(C)c1. The van der Waals surface area contributed by atoms with Crippen LogP contribution in [0.1, 0.15) is 23.7 Å². The molecule has 2 aromatic rings. The van der Waals surface area contributed by atoms with Crippen LogP contribution in [0.2, 0.25) is 0 Å². The van der Waals surface area contributed by atoms with Crippen molar-refractivity contribution >= 4 is 11.6 Å². The topological polar surface area (TPSA) is 56.1 Å². The Hall–Kier alpha value is -3.37. The number of nitrogens with zero attached hydrogens (tertiary/aromatic N) is 2. The molecule has 1 aromatic heterocycles. The van der Waals surface area contributed by atoms with Crippen LogP contribution in [0.5, 0.6) is 5.75 Å². The maximum Gasteiger partial charge on any atom is 0.274 e. The number of hydrogen-bond acceptors (Lipinski definition) is 4. The highest BCUT2D eigenvalue weighted by Gasteiger charge is 2.27. The smallest absolute Gasteiger partial charge is 0.274 e.